The molecule has 2 rings (SSSR count). The van der Waals surface area contributed by atoms with E-state index in [1.807, 2.05) is 0 Å². The molecule has 2 fully saturated rings. The summed E-state index contributed by atoms with van der Waals surface area (Å²) < 4.78 is 0. The maximum Gasteiger partial charge on any atom is 0.0250 e. The summed E-state index contributed by atoms with van der Waals surface area (Å²) in [6.45, 7) is 7.30. The van der Waals surface area contributed by atoms with Crippen molar-refractivity contribution >= 4 is 0 Å². The maximum atomic E-state index is 3.90. The summed E-state index contributed by atoms with van der Waals surface area (Å²) in [5.74, 6) is 0. The lowest BCUT2D eigenvalue weighted by molar-refractivity contribution is 0.283. The van der Waals surface area contributed by atoms with Crippen LogP contribution in [-0.4, -0.2) is 36.1 Å². The summed E-state index contributed by atoms with van der Waals surface area (Å²) in [7, 11) is 0. The van der Waals surface area contributed by atoms with Gasteiger partial charge in [0, 0.05) is 24.7 Å². The van der Waals surface area contributed by atoms with Gasteiger partial charge in [-0.1, -0.05) is 20.3 Å². The summed E-state index contributed by atoms with van der Waals surface area (Å²) in [4.78, 5) is 2.69. The molecule has 0 bridgehead atoms. The number of rotatable bonds is 5. The minimum Gasteiger partial charge on any atom is -0.310 e. The molecule has 0 amide bonds. The second kappa shape index (κ2) is 5.31. The van der Waals surface area contributed by atoms with Crippen molar-refractivity contribution in [3.05, 3.63) is 0 Å². The lowest BCUT2D eigenvalue weighted by Gasteiger charge is -2.26. The highest BCUT2D eigenvalue weighted by molar-refractivity contribution is 4.96. The van der Waals surface area contributed by atoms with E-state index in [0.29, 0.717) is 0 Å². The van der Waals surface area contributed by atoms with Crippen molar-refractivity contribution in [2.24, 2.45) is 0 Å². The van der Waals surface area contributed by atoms with Gasteiger partial charge in [0.05, 0.1) is 0 Å². The van der Waals surface area contributed by atoms with Gasteiger partial charge in [-0.05, 0) is 38.6 Å². The summed E-state index contributed by atoms with van der Waals surface area (Å²) in [6.07, 6.45) is 8.18. The number of nitrogens with zero attached hydrogens (tertiary/aromatic N) is 1. The third kappa shape index (κ3) is 2.54. The van der Waals surface area contributed by atoms with Crippen LogP contribution in [0.25, 0.3) is 0 Å². The molecular weight excluding hydrogens is 184 g/mol. The minimum atomic E-state index is 0.764. The maximum absolute atomic E-state index is 3.90. The van der Waals surface area contributed by atoms with Gasteiger partial charge in [0.25, 0.3) is 0 Å². The Bertz CT molecular complexity index is 193. The van der Waals surface area contributed by atoms with E-state index in [2.05, 4.69) is 24.1 Å². The average Bonchev–Trinajstić information content (AvgIpc) is 2.81. The van der Waals surface area contributed by atoms with Crippen LogP contribution in [0.1, 0.15) is 52.4 Å². The molecule has 15 heavy (non-hydrogen) atoms. The Morgan fingerprint density at radius 1 is 1.27 bits per heavy atom. The first kappa shape index (κ1) is 11.4. The fraction of sp³-hybridized carbons (Fsp3) is 1.00. The van der Waals surface area contributed by atoms with Crippen LogP contribution < -0.4 is 5.32 Å². The molecule has 0 aromatic rings. The first-order chi connectivity index (χ1) is 7.35. The van der Waals surface area contributed by atoms with Crippen molar-refractivity contribution in [2.45, 2.75) is 70.5 Å². The van der Waals surface area contributed by atoms with Crippen LogP contribution in [0, 0.1) is 0 Å². The first-order valence-corrected chi connectivity index (χ1v) is 6.85. The van der Waals surface area contributed by atoms with Gasteiger partial charge in [0.2, 0.25) is 0 Å². The van der Waals surface area contributed by atoms with Gasteiger partial charge < -0.3 is 5.32 Å². The highest BCUT2D eigenvalue weighted by atomic mass is 15.2. The van der Waals surface area contributed by atoms with Crippen molar-refractivity contribution in [1.29, 1.82) is 0 Å². The third-order valence-corrected chi connectivity index (χ3v) is 4.19. The fourth-order valence-electron chi connectivity index (χ4n) is 3.33. The molecule has 2 heteroatoms. The standard InChI is InChI=1S/C13H26N2/c1-3-6-11(4-2)14-12-8-10-15-9-5-7-13(12)15/h11-14H,3-10H2,1-2H3. The molecular formula is C13H26N2. The quantitative estimate of drug-likeness (QED) is 0.749. The zero-order chi connectivity index (χ0) is 10.7. The molecule has 88 valence electrons. The molecule has 0 spiro atoms. The zero-order valence-corrected chi connectivity index (χ0v) is 10.3. The van der Waals surface area contributed by atoms with Gasteiger partial charge in [0.15, 0.2) is 0 Å². The number of fused-ring (bicyclic) bond motifs is 1. The van der Waals surface area contributed by atoms with Gasteiger partial charge in [-0.2, -0.15) is 0 Å². The summed E-state index contributed by atoms with van der Waals surface area (Å²) in [5, 5.41) is 3.90. The van der Waals surface area contributed by atoms with Crippen LogP contribution in [0.3, 0.4) is 0 Å². The Balaban J connectivity index is 1.83. The predicted octanol–water partition coefficient (Wildman–Crippen LogP) is 2.39. The number of hydrogen-bond acceptors (Lipinski definition) is 2. The summed E-state index contributed by atoms with van der Waals surface area (Å²) in [5.41, 5.74) is 0. The van der Waals surface area contributed by atoms with Crippen molar-refractivity contribution in [3.8, 4) is 0 Å². The van der Waals surface area contributed by atoms with E-state index in [9.17, 15) is 0 Å². The second-order valence-corrected chi connectivity index (χ2v) is 5.20. The van der Waals surface area contributed by atoms with Gasteiger partial charge in [-0.15, -0.1) is 0 Å². The normalized spacial score (nSPS) is 33.2. The molecule has 2 aliphatic heterocycles. The van der Waals surface area contributed by atoms with E-state index in [1.54, 1.807) is 0 Å². The molecule has 0 aromatic carbocycles. The van der Waals surface area contributed by atoms with Gasteiger partial charge >= 0.3 is 0 Å². The van der Waals surface area contributed by atoms with E-state index < -0.39 is 0 Å². The van der Waals surface area contributed by atoms with Crippen molar-refractivity contribution in [2.75, 3.05) is 13.1 Å². The molecule has 2 saturated heterocycles. The molecule has 1 N–H and O–H groups in total. The molecule has 0 radical (unpaired) electrons. The zero-order valence-electron chi connectivity index (χ0n) is 10.3. The third-order valence-electron chi connectivity index (χ3n) is 4.19. The molecule has 0 saturated carbocycles. The van der Waals surface area contributed by atoms with E-state index in [0.717, 1.165) is 18.1 Å². The monoisotopic (exact) mass is 210 g/mol. The van der Waals surface area contributed by atoms with Crippen LogP contribution in [0.5, 0.6) is 0 Å². The Morgan fingerprint density at radius 2 is 2.13 bits per heavy atom. The van der Waals surface area contributed by atoms with Gasteiger partial charge in [-0.3, -0.25) is 4.90 Å². The van der Waals surface area contributed by atoms with Crippen LogP contribution in [0.4, 0.5) is 0 Å². The molecule has 0 aromatic heterocycles. The van der Waals surface area contributed by atoms with E-state index in [1.165, 1.54) is 51.6 Å². The Kier molecular flexibility index (Phi) is 4.04. The lowest BCUT2D eigenvalue weighted by Crippen LogP contribution is -2.44. The van der Waals surface area contributed by atoms with Crippen LogP contribution in [0.15, 0.2) is 0 Å². The van der Waals surface area contributed by atoms with Crippen molar-refractivity contribution in [3.63, 3.8) is 0 Å². The number of hydrogen-bond donors (Lipinski definition) is 1. The number of nitrogens with one attached hydrogen (secondary N) is 1. The molecule has 0 aliphatic carbocycles. The Morgan fingerprint density at radius 3 is 2.87 bits per heavy atom. The topological polar surface area (TPSA) is 15.3 Å². The van der Waals surface area contributed by atoms with Crippen molar-refractivity contribution < 1.29 is 0 Å². The van der Waals surface area contributed by atoms with Crippen LogP contribution >= 0.6 is 0 Å². The molecule has 2 aliphatic rings. The second-order valence-electron chi connectivity index (χ2n) is 5.20. The van der Waals surface area contributed by atoms with Crippen molar-refractivity contribution in [1.82, 2.24) is 10.2 Å². The lowest BCUT2D eigenvalue weighted by atomic mass is 10.0. The molecule has 3 unspecified atom stereocenters. The van der Waals surface area contributed by atoms with Crippen LogP contribution in [-0.2, 0) is 0 Å². The highest BCUT2D eigenvalue weighted by Crippen LogP contribution is 2.28. The SMILES string of the molecule is CCCC(CC)NC1CCN2CCCC12. The van der Waals surface area contributed by atoms with E-state index in [-0.39, 0.29) is 0 Å². The fourth-order valence-corrected chi connectivity index (χ4v) is 3.33. The Hall–Kier alpha value is -0.0800. The Labute approximate surface area is 94.4 Å². The van der Waals surface area contributed by atoms with E-state index >= 15 is 0 Å². The minimum absolute atomic E-state index is 0.764. The molecule has 3 atom stereocenters. The summed E-state index contributed by atoms with van der Waals surface area (Å²) in [6, 6.07) is 2.43. The van der Waals surface area contributed by atoms with Gasteiger partial charge in [0.1, 0.15) is 0 Å². The predicted molar refractivity (Wildman–Crippen MR) is 65.1 cm³/mol. The largest absolute Gasteiger partial charge is 0.310 e. The average molecular weight is 210 g/mol. The smallest absolute Gasteiger partial charge is 0.0250 e. The molecule has 2 heterocycles. The molecule has 2 nitrogen and oxygen atoms in total. The highest BCUT2D eigenvalue weighted by Gasteiger charge is 2.37. The summed E-state index contributed by atoms with van der Waals surface area (Å²) >= 11 is 0. The first-order valence-electron chi connectivity index (χ1n) is 6.85. The van der Waals surface area contributed by atoms with E-state index in [4.69, 9.17) is 0 Å². The van der Waals surface area contributed by atoms with Gasteiger partial charge in [-0.25, -0.2) is 0 Å². The van der Waals surface area contributed by atoms with Crippen LogP contribution in [0.2, 0.25) is 0 Å².